The van der Waals surface area contributed by atoms with Gasteiger partial charge in [0.2, 0.25) is 5.66 Å². The van der Waals surface area contributed by atoms with Gasteiger partial charge in [-0.15, -0.1) is 22.7 Å². The minimum absolute atomic E-state index is 0.203. The van der Waals surface area contributed by atoms with Crippen LogP contribution in [0, 0.1) is 11.3 Å². The molecule has 3 fully saturated rings. The number of hydrogen-bond donors (Lipinski definition) is 3. The van der Waals surface area contributed by atoms with Gasteiger partial charge in [-0.25, -0.2) is 4.99 Å². The fourth-order valence-corrected chi connectivity index (χ4v) is 5.46. The Hall–Kier alpha value is -2.25. The highest BCUT2D eigenvalue weighted by molar-refractivity contribution is 7.14. The zero-order chi connectivity index (χ0) is 18.4. The van der Waals surface area contributed by atoms with Crippen LogP contribution in [0.3, 0.4) is 0 Å². The van der Waals surface area contributed by atoms with E-state index in [0.717, 1.165) is 36.6 Å². The van der Waals surface area contributed by atoms with Crippen molar-refractivity contribution in [1.82, 2.24) is 10.2 Å². The van der Waals surface area contributed by atoms with Crippen molar-refractivity contribution >= 4 is 51.2 Å². The molecule has 3 N–H and O–H groups in total. The predicted molar refractivity (Wildman–Crippen MR) is 108 cm³/mol. The molecular formula is C18H18N6OS2. The minimum Gasteiger partial charge on any atom is -0.352 e. The highest BCUT2D eigenvalue weighted by atomic mass is 32.1. The summed E-state index contributed by atoms with van der Waals surface area (Å²) in [5, 5.41) is 23.9. The number of amides is 1. The summed E-state index contributed by atoms with van der Waals surface area (Å²) in [5.74, 6) is -0.203. The van der Waals surface area contributed by atoms with Gasteiger partial charge >= 0.3 is 0 Å². The molecule has 2 bridgehead atoms. The number of fused-ring (bicyclic) bond motifs is 4. The largest absolute Gasteiger partial charge is 0.352 e. The molecule has 2 aromatic rings. The lowest BCUT2D eigenvalue weighted by molar-refractivity contribution is -0.126. The van der Waals surface area contributed by atoms with Crippen LogP contribution in [-0.4, -0.2) is 47.9 Å². The molecule has 1 unspecified atom stereocenters. The number of aliphatic imine (C=N–C) groups is 1. The Balaban J connectivity index is 1.53. The van der Waals surface area contributed by atoms with Gasteiger partial charge in [-0.05, 0) is 35.7 Å². The minimum atomic E-state index is -1.06. The van der Waals surface area contributed by atoms with Gasteiger partial charge in [-0.2, -0.15) is 5.26 Å². The number of carbonyl (C=O) groups is 1. The number of carbonyl (C=O) groups excluding carboxylic acids is 1. The quantitative estimate of drug-likeness (QED) is 0.739. The lowest BCUT2D eigenvalue weighted by Crippen LogP contribution is -2.74. The fraction of sp³-hybridized carbons (Fsp3) is 0.389. The molecule has 27 heavy (non-hydrogen) atoms. The summed E-state index contributed by atoms with van der Waals surface area (Å²) in [5.41, 5.74) is 0.366. The fourth-order valence-electron chi connectivity index (χ4n) is 4.13. The molecule has 138 valence electrons. The molecule has 4 aliphatic heterocycles. The Bertz CT molecular complexity index is 951. The number of piperazine rings is 1. The molecule has 4 aliphatic rings. The molecule has 6 rings (SSSR count). The summed E-state index contributed by atoms with van der Waals surface area (Å²) in [4.78, 5) is 20.9. The molecule has 0 aliphatic carbocycles. The lowest BCUT2D eigenvalue weighted by atomic mass is 9.89. The highest BCUT2D eigenvalue weighted by Gasteiger charge is 2.51. The van der Waals surface area contributed by atoms with E-state index in [0.29, 0.717) is 16.6 Å². The lowest BCUT2D eigenvalue weighted by Gasteiger charge is -2.53. The van der Waals surface area contributed by atoms with Crippen molar-refractivity contribution in [3.63, 3.8) is 0 Å². The van der Waals surface area contributed by atoms with Gasteiger partial charge in [0, 0.05) is 25.2 Å². The van der Waals surface area contributed by atoms with E-state index in [2.05, 4.69) is 31.9 Å². The van der Waals surface area contributed by atoms with Crippen molar-refractivity contribution in [3.8, 4) is 6.07 Å². The first-order chi connectivity index (χ1) is 13.2. The number of hydrogen-bond acceptors (Lipinski definition) is 8. The number of nitriles is 1. The van der Waals surface area contributed by atoms with Gasteiger partial charge in [-0.3, -0.25) is 9.69 Å². The molecule has 3 saturated heterocycles. The SMILES string of the molecule is N#Cc1sccc1NC(=O)C1(N2C[C@H]3CC[C@@H]2CN3)C=Nc2sccc2N1. The molecule has 2 aromatic heterocycles. The van der Waals surface area contributed by atoms with Crippen LogP contribution < -0.4 is 16.0 Å². The second-order valence-electron chi connectivity index (χ2n) is 7.01. The van der Waals surface area contributed by atoms with E-state index in [-0.39, 0.29) is 11.9 Å². The number of nitrogens with one attached hydrogen (secondary N) is 3. The van der Waals surface area contributed by atoms with E-state index in [1.54, 1.807) is 23.6 Å². The zero-order valence-corrected chi connectivity index (χ0v) is 16.1. The van der Waals surface area contributed by atoms with Crippen LogP contribution in [0.25, 0.3) is 0 Å². The van der Waals surface area contributed by atoms with E-state index < -0.39 is 5.66 Å². The molecular weight excluding hydrogens is 380 g/mol. The summed E-state index contributed by atoms with van der Waals surface area (Å²) in [7, 11) is 0. The Kier molecular flexibility index (Phi) is 4.02. The van der Waals surface area contributed by atoms with E-state index in [9.17, 15) is 10.1 Å². The van der Waals surface area contributed by atoms with Gasteiger partial charge < -0.3 is 16.0 Å². The molecule has 0 radical (unpaired) electrons. The first kappa shape index (κ1) is 16.9. The van der Waals surface area contributed by atoms with E-state index >= 15 is 0 Å². The van der Waals surface area contributed by atoms with Crippen LogP contribution in [0.5, 0.6) is 0 Å². The second-order valence-corrected chi connectivity index (χ2v) is 8.82. The molecule has 9 heteroatoms. The summed E-state index contributed by atoms with van der Waals surface area (Å²) >= 11 is 2.87. The maximum atomic E-state index is 13.5. The monoisotopic (exact) mass is 398 g/mol. The molecule has 0 spiro atoms. The maximum absolute atomic E-state index is 13.5. The van der Waals surface area contributed by atoms with Crippen LogP contribution in [-0.2, 0) is 4.79 Å². The van der Waals surface area contributed by atoms with Crippen molar-refractivity contribution in [2.45, 2.75) is 30.6 Å². The van der Waals surface area contributed by atoms with Crippen LogP contribution >= 0.6 is 22.7 Å². The number of anilines is 2. The van der Waals surface area contributed by atoms with Crippen LogP contribution in [0.4, 0.5) is 16.4 Å². The van der Waals surface area contributed by atoms with Crippen LogP contribution in [0.1, 0.15) is 17.7 Å². The third-order valence-electron chi connectivity index (χ3n) is 5.50. The van der Waals surface area contributed by atoms with Gasteiger partial charge in [0.15, 0.2) is 0 Å². The number of piperidine rings is 2. The molecule has 0 aromatic carbocycles. The first-order valence-electron chi connectivity index (χ1n) is 8.90. The van der Waals surface area contributed by atoms with Crippen molar-refractivity contribution < 1.29 is 4.79 Å². The molecule has 1 amide bonds. The Morgan fingerprint density at radius 3 is 3.00 bits per heavy atom. The Morgan fingerprint density at radius 2 is 2.26 bits per heavy atom. The Morgan fingerprint density at radius 1 is 1.37 bits per heavy atom. The Labute approximate surface area is 164 Å². The number of thiophene rings is 2. The van der Waals surface area contributed by atoms with Gasteiger partial charge in [0.05, 0.1) is 17.6 Å². The molecule has 3 atom stereocenters. The van der Waals surface area contributed by atoms with Crippen LogP contribution in [0.2, 0.25) is 0 Å². The van der Waals surface area contributed by atoms with Crippen molar-refractivity contribution in [1.29, 1.82) is 5.26 Å². The summed E-state index contributed by atoms with van der Waals surface area (Å²) in [6, 6.07) is 6.52. The first-order valence-corrected chi connectivity index (χ1v) is 10.7. The van der Waals surface area contributed by atoms with Gasteiger partial charge in [0.1, 0.15) is 15.9 Å². The molecule has 6 heterocycles. The van der Waals surface area contributed by atoms with E-state index in [4.69, 9.17) is 0 Å². The topological polar surface area (TPSA) is 92.5 Å². The average Bonchev–Trinajstić information content (AvgIpc) is 3.36. The maximum Gasteiger partial charge on any atom is 0.271 e. The standard InChI is InChI=1S/C18H18N6OS2/c19-7-15-13(3-5-26-15)22-17(25)18(10-21-16-14(23-18)4-6-27-16)24-9-11-1-2-12(24)8-20-11/h3-6,10-12,20,23H,1-2,8-9H2,(H,22,25)/t11-,12-,18?/m1/s1. The third-order valence-corrected chi connectivity index (χ3v) is 7.14. The average molecular weight is 399 g/mol. The second kappa shape index (κ2) is 6.42. The molecule has 0 saturated carbocycles. The highest BCUT2D eigenvalue weighted by Crippen LogP contribution is 2.40. The molecule has 7 nitrogen and oxygen atoms in total. The van der Waals surface area contributed by atoms with E-state index in [1.807, 2.05) is 16.8 Å². The smallest absolute Gasteiger partial charge is 0.271 e. The summed E-state index contributed by atoms with van der Waals surface area (Å²) < 4.78 is 0. The van der Waals surface area contributed by atoms with E-state index in [1.165, 1.54) is 11.3 Å². The van der Waals surface area contributed by atoms with Crippen molar-refractivity contribution in [2.75, 3.05) is 23.7 Å². The van der Waals surface area contributed by atoms with Gasteiger partial charge in [0.25, 0.3) is 5.91 Å². The predicted octanol–water partition coefficient (Wildman–Crippen LogP) is 2.58. The van der Waals surface area contributed by atoms with Crippen molar-refractivity contribution in [2.24, 2.45) is 4.99 Å². The normalized spacial score (nSPS) is 29.0. The third kappa shape index (κ3) is 2.68. The van der Waals surface area contributed by atoms with Crippen molar-refractivity contribution in [3.05, 3.63) is 27.8 Å². The number of nitrogens with zero attached hydrogens (tertiary/aromatic N) is 3. The summed E-state index contributed by atoms with van der Waals surface area (Å²) in [6.45, 7) is 1.65. The van der Waals surface area contributed by atoms with Gasteiger partial charge in [-0.1, -0.05) is 0 Å². The zero-order valence-electron chi connectivity index (χ0n) is 14.4. The summed E-state index contributed by atoms with van der Waals surface area (Å²) in [6.07, 6.45) is 3.92. The number of rotatable bonds is 3. The van der Waals surface area contributed by atoms with Crippen LogP contribution in [0.15, 0.2) is 27.9 Å².